The molecule has 8 heteroatoms. The van der Waals surface area contributed by atoms with Crippen LogP contribution in [-0.4, -0.2) is 74.5 Å². The highest BCUT2D eigenvalue weighted by atomic mass is 16.5. The molecule has 2 rings (SSSR count). The quantitative estimate of drug-likeness (QED) is 0.430. The van der Waals surface area contributed by atoms with Gasteiger partial charge in [-0.05, 0) is 24.3 Å². The molecular weight excluding hydrogens is 314 g/mol. The van der Waals surface area contributed by atoms with E-state index in [0.29, 0.717) is 31.9 Å². The predicted molar refractivity (Wildman–Crippen MR) is 85.7 cm³/mol. The van der Waals surface area contributed by atoms with Crippen molar-refractivity contribution < 1.29 is 23.9 Å². The zero-order chi connectivity index (χ0) is 17.4. The summed E-state index contributed by atoms with van der Waals surface area (Å²) >= 11 is 0. The van der Waals surface area contributed by atoms with Crippen molar-refractivity contribution in [3.63, 3.8) is 0 Å². The third-order valence-corrected chi connectivity index (χ3v) is 3.66. The van der Waals surface area contributed by atoms with E-state index in [2.05, 4.69) is 5.32 Å². The first kappa shape index (κ1) is 17.6. The zero-order valence-electron chi connectivity index (χ0n) is 13.6. The van der Waals surface area contributed by atoms with Gasteiger partial charge in [-0.2, -0.15) is 0 Å². The molecule has 1 saturated heterocycles. The number of hydrogen-bond donors (Lipinski definition) is 1. The van der Waals surface area contributed by atoms with Gasteiger partial charge in [0, 0.05) is 26.2 Å². The van der Waals surface area contributed by atoms with Crippen LogP contribution in [0.2, 0.25) is 0 Å². The number of carbonyl (C=O) groups is 3. The molecule has 8 nitrogen and oxygen atoms in total. The van der Waals surface area contributed by atoms with Crippen molar-refractivity contribution in [1.82, 2.24) is 15.1 Å². The van der Waals surface area contributed by atoms with E-state index >= 15 is 0 Å². The number of hydrogen-bond acceptors (Lipinski definition) is 5. The smallest absolute Gasteiger partial charge is 0.312 e. The van der Waals surface area contributed by atoms with Gasteiger partial charge >= 0.3 is 11.8 Å². The van der Waals surface area contributed by atoms with Crippen LogP contribution in [0.4, 0.5) is 0 Å². The van der Waals surface area contributed by atoms with E-state index in [1.165, 1.54) is 4.90 Å². The van der Waals surface area contributed by atoms with Gasteiger partial charge in [0.15, 0.2) is 0 Å². The van der Waals surface area contributed by atoms with E-state index in [1.54, 1.807) is 36.3 Å². The Morgan fingerprint density at radius 2 is 1.75 bits per heavy atom. The molecule has 1 heterocycles. The lowest BCUT2D eigenvalue weighted by Crippen LogP contribution is -2.52. The third-order valence-electron chi connectivity index (χ3n) is 3.66. The fraction of sp³-hybridized carbons (Fsp3) is 0.438. The average molecular weight is 335 g/mol. The van der Waals surface area contributed by atoms with Gasteiger partial charge in [0.05, 0.1) is 13.7 Å². The summed E-state index contributed by atoms with van der Waals surface area (Å²) in [6.07, 6.45) is 0.748. The normalized spacial score (nSPS) is 14.0. The molecule has 1 aliphatic rings. The standard InChI is InChI=1S/C16H21N3O5/c1-23-13-2-4-14(5-3-13)24-11-6-17-15(21)16(22)19-9-7-18(12-20)8-10-19/h2-5,12H,6-11H2,1H3,(H,17,21). The first-order valence-electron chi connectivity index (χ1n) is 7.67. The Morgan fingerprint density at radius 1 is 1.12 bits per heavy atom. The fourth-order valence-electron chi connectivity index (χ4n) is 2.26. The SMILES string of the molecule is COc1ccc(OCCNC(=O)C(=O)N2CCN(C=O)CC2)cc1. The van der Waals surface area contributed by atoms with Gasteiger partial charge in [0.2, 0.25) is 6.41 Å². The van der Waals surface area contributed by atoms with Gasteiger partial charge in [0.25, 0.3) is 0 Å². The maximum Gasteiger partial charge on any atom is 0.312 e. The fourth-order valence-corrected chi connectivity index (χ4v) is 2.26. The topological polar surface area (TPSA) is 88.2 Å². The monoisotopic (exact) mass is 335 g/mol. The van der Waals surface area contributed by atoms with Crippen LogP contribution in [0.3, 0.4) is 0 Å². The van der Waals surface area contributed by atoms with Gasteiger partial charge in [-0.15, -0.1) is 0 Å². The minimum atomic E-state index is -0.659. The highest BCUT2D eigenvalue weighted by Crippen LogP contribution is 2.16. The van der Waals surface area contributed by atoms with Crippen molar-refractivity contribution >= 4 is 18.2 Å². The maximum atomic E-state index is 12.0. The van der Waals surface area contributed by atoms with Gasteiger partial charge in [0.1, 0.15) is 18.1 Å². The lowest BCUT2D eigenvalue weighted by molar-refractivity contribution is -0.147. The molecule has 0 bridgehead atoms. The van der Waals surface area contributed by atoms with Crippen molar-refractivity contribution in [3.8, 4) is 11.5 Å². The average Bonchev–Trinajstić information content (AvgIpc) is 2.65. The van der Waals surface area contributed by atoms with Crippen LogP contribution in [0.25, 0.3) is 0 Å². The third kappa shape index (κ3) is 4.87. The number of piperazine rings is 1. The molecule has 0 radical (unpaired) electrons. The van der Waals surface area contributed by atoms with Gasteiger partial charge < -0.3 is 24.6 Å². The Labute approximate surface area is 140 Å². The summed E-state index contributed by atoms with van der Waals surface area (Å²) in [6, 6.07) is 7.07. The summed E-state index contributed by atoms with van der Waals surface area (Å²) in [7, 11) is 1.58. The predicted octanol–water partition coefficient (Wildman–Crippen LogP) is -0.509. The van der Waals surface area contributed by atoms with E-state index in [4.69, 9.17) is 9.47 Å². The summed E-state index contributed by atoms with van der Waals surface area (Å²) in [5.74, 6) is 0.148. The molecule has 0 saturated carbocycles. The molecule has 0 unspecified atom stereocenters. The summed E-state index contributed by atoms with van der Waals surface area (Å²) in [6.45, 7) is 2.11. The van der Waals surface area contributed by atoms with E-state index < -0.39 is 11.8 Å². The van der Waals surface area contributed by atoms with Crippen molar-refractivity contribution in [1.29, 1.82) is 0 Å². The van der Waals surface area contributed by atoms with Gasteiger partial charge in [-0.1, -0.05) is 0 Å². The van der Waals surface area contributed by atoms with Crippen LogP contribution < -0.4 is 14.8 Å². The highest BCUT2D eigenvalue weighted by Gasteiger charge is 2.25. The Morgan fingerprint density at radius 3 is 2.33 bits per heavy atom. The second-order valence-electron chi connectivity index (χ2n) is 5.21. The van der Waals surface area contributed by atoms with Crippen LogP contribution in [0.15, 0.2) is 24.3 Å². The molecule has 1 aliphatic heterocycles. The van der Waals surface area contributed by atoms with Gasteiger partial charge in [-0.25, -0.2) is 0 Å². The molecule has 1 aromatic rings. The van der Waals surface area contributed by atoms with Crippen molar-refractivity contribution in [2.24, 2.45) is 0 Å². The van der Waals surface area contributed by atoms with E-state index in [0.717, 1.165) is 12.2 Å². The Bertz CT molecular complexity index is 568. The van der Waals surface area contributed by atoms with Crippen LogP contribution in [-0.2, 0) is 14.4 Å². The number of carbonyl (C=O) groups excluding carboxylic acids is 3. The molecule has 1 fully saturated rings. The molecule has 130 valence electrons. The second-order valence-corrected chi connectivity index (χ2v) is 5.21. The summed E-state index contributed by atoms with van der Waals surface area (Å²) in [5, 5.41) is 2.53. The largest absolute Gasteiger partial charge is 0.497 e. The molecule has 1 aromatic carbocycles. The Kier molecular flexibility index (Phi) is 6.41. The lowest BCUT2D eigenvalue weighted by atomic mass is 10.3. The zero-order valence-corrected chi connectivity index (χ0v) is 13.6. The van der Waals surface area contributed by atoms with Gasteiger partial charge in [-0.3, -0.25) is 14.4 Å². The molecule has 0 atom stereocenters. The van der Waals surface area contributed by atoms with E-state index in [1.807, 2.05) is 0 Å². The number of methoxy groups -OCH3 is 1. The molecule has 3 amide bonds. The Balaban J connectivity index is 1.67. The lowest BCUT2D eigenvalue weighted by Gasteiger charge is -2.31. The van der Waals surface area contributed by atoms with Crippen LogP contribution in [0, 0.1) is 0 Å². The van der Waals surface area contributed by atoms with Crippen molar-refractivity contribution in [3.05, 3.63) is 24.3 Å². The summed E-state index contributed by atoms with van der Waals surface area (Å²) in [4.78, 5) is 37.4. The minimum Gasteiger partial charge on any atom is -0.497 e. The number of nitrogens with one attached hydrogen (secondary N) is 1. The highest BCUT2D eigenvalue weighted by molar-refractivity contribution is 6.35. The molecule has 0 aliphatic carbocycles. The second kappa shape index (κ2) is 8.76. The molecule has 24 heavy (non-hydrogen) atoms. The molecule has 1 N–H and O–H groups in total. The first-order chi connectivity index (χ1) is 11.6. The maximum absolute atomic E-state index is 12.0. The first-order valence-corrected chi connectivity index (χ1v) is 7.67. The number of rotatable bonds is 6. The number of benzene rings is 1. The Hall–Kier alpha value is -2.77. The molecular formula is C16H21N3O5. The summed E-state index contributed by atoms with van der Waals surface area (Å²) < 4.78 is 10.5. The number of ether oxygens (including phenoxy) is 2. The van der Waals surface area contributed by atoms with Crippen LogP contribution in [0.5, 0.6) is 11.5 Å². The summed E-state index contributed by atoms with van der Waals surface area (Å²) in [5.41, 5.74) is 0. The number of amides is 3. The van der Waals surface area contributed by atoms with Crippen LogP contribution >= 0.6 is 0 Å². The number of nitrogens with zero attached hydrogens (tertiary/aromatic N) is 2. The van der Waals surface area contributed by atoms with Crippen LogP contribution in [0.1, 0.15) is 0 Å². The van der Waals surface area contributed by atoms with E-state index in [-0.39, 0.29) is 13.2 Å². The van der Waals surface area contributed by atoms with E-state index in [9.17, 15) is 14.4 Å². The molecule has 0 spiro atoms. The van der Waals surface area contributed by atoms with Crippen molar-refractivity contribution in [2.45, 2.75) is 0 Å². The minimum absolute atomic E-state index is 0.227. The molecule has 0 aromatic heterocycles. The van der Waals surface area contributed by atoms with Crippen molar-refractivity contribution in [2.75, 3.05) is 46.4 Å².